The summed E-state index contributed by atoms with van der Waals surface area (Å²) in [5, 5.41) is 2.90. The first-order chi connectivity index (χ1) is 6.81. The lowest BCUT2D eigenvalue weighted by Gasteiger charge is -2.22. The van der Waals surface area contributed by atoms with Crippen molar-refractivity contribution in [3.05, 3.63) is 17.5 Å². The number of hydrogen-bond donors (Lipinski definition) is 2. The molecule has 1 heterocycles. The molecule has 0 atom stereocenters. The van der Waals surface area contributed by atoms with E-state index in [1.165, 1.54) is 0 Å². The summed E-state index contributed by atoms with van der Waals surface area (Å²) in [6, 6.07) is 1.86. The molecule has 0 aromatic carbocycles. The number of carbonyl (C=O) groups excluding carboxylic acids is 1. The van der Waals surface area contributed by atoms with Gasteiger partial charge >= 0.3 is 0 Å². The minimum atomic E-state index is -0.847. The van der Waals surface area contributed by atoms with Crippen LogP contribution in [0.2, 0.25) is 0 Å². The number of hydrogen-bond acceptors (Lipinski definition) is 4. The number of nitrogens with two attached hydrogens (primary N) is 1. The van der Waals surface area contributed by atoms with E-state index in [0.717, 1.165) is 11.4 Å². The highest BCUT2D eigenvalue weighted by Gasteiger charge is 2.25. The summed E-state index contributed by atoms with van der Waals surface area (Å²) in [4.78, 5) is 19.4. The molecule has 1 aromatic heterocycles. The minimum Gasteiger partial charge on any atom is -0.368 e. The van der Waals surface area contributed by atoms with Crippen LogP contribution in [0.5, 0.6) is 0 Å². The van der Waals surface area contributed by atoms with E-state index < -0.39 is 11.4 Å². The monoisotopic (exact) mass is 208 g/mol. The van der Waals surface area contributed by atoms with E-state index in [9.17, 15) is 4.79 Å². The molecule has 3 N–H and O–H groups in total. The molecule has 0 aliphatic heterocycles. The number of rotatable bonds is 3. The number of anilines is 1. The smallest absolute Gasteiger partial charge is 0.242 e. The Hall–Kier alpha value is -1.65. The summed E-state index contributed by atoms with van der Waals surface area (Å²) in [6.07, 6.45) is 0. The second-order valence-electron chi connectivity index (χ2n) is 4.09. The van der Waals surface area contributed by atoms with Gasteiger partial charge in [0.25, 0.3) is 0 Å². The standard InChI is InChI=1S/C10H16N4O/c1-6-5-7(2)13-9(12-6)14-10(3,4)8(11)15/h5H,1-4H3,(H2,11,15)(H,12,13,14). The zero-order chi connectivity index (χ0) is 11.6. The first-order valence-corrected chi connectivity index (χ1v) is 4.71. The molecular formula is C10H16N4O. The van der Waals surface area contributed by atoms with Crippen molar-refractivity contribution in [3.63, 3.8) is 0 Å². The molecule has 82 valence electrons. The number of nitrogens with zero attached hydrogens (tertiary/aromatic N) is 2. The maximum atomic E-state index is 11.1. The Morgan fingerprint density at radius 1 is 1.33 bits per heavy atom. The molecule has 5 heteroatoms. The number of aromatic nitrogens is 2. The van der Waals surface area contributed by atoms with Crippen LogP contribution in [0.1, 0.15) is 25.2 Å². The first-order valence-electron chi connectivity index (χ1n) is 4.71. The predicted octanol–water partition coefficient (Wildman–Crippen LogP) is 0.769. The number of nitrogens with one attached hydrogen (secondary N) is 1. The van der Waals surface area contributed by atoms with Crippen LogP contribution in [0, 0.1) is 13.8 Å². The zero-order valence-electron chi connectivity index (χ0n) is 9.46. The summed E-state index contributed by atoms with van der Waals surface area (Å²) in [5.41, 5.74) is 6.09. The Morgan fingerprint density at radius 3 is 2.20 bits per heavy atom. The molecule has 5 nitrogen and oxygen atoms in total. The Labute approximate surface area is 89.1 Å². The minimum absolute atomic E-state index is 0.427. The lowest BCUT2D eigenvalue weighted by molar-refractivity contribution is -0.121. The summed E-state index contributed by atoms with van der Waals surface area (Å²) >= 11 is 0. The second kappa shape index (κ2) is 3.84. The van der Waals surface area contributed by atoms with Gasteiger partial charge in [-0.1, -0.05) is 0 Å². The van der Waals surface area contributed by atoms with Crippen LogP contribution in [-0.4, -0.2) is 21.4 Å². The van der Waals surface area contributed by atoms with E-state index >= 15 is 0 Å². The second-order valence-corrected chi connectivity index (χ2v) is 4.09. The van der Waals surface area contributed by atoms with Gasteiger partial charge in [-0.05, 0) is 33.8 Å². The summed E-state index contributed by atoms with van der Waals surface area (Å²) < 4.78 is 0. The van der Waals surface area contributed by atoms with E-state index in [2.05, 4.69) is 15.3 Å². The van der Waals surface area contributed by atoms with Crippen molar-refractivity contribution in [2.24, 2.45) is 5.73 Å². The van der Waals surface area contributed by atoms with Crippen molar-refractivity contribution in [2.45, 2.75) is 33.2 Å². The molecule has 1 aromatic rings. The van der Waals surface area contributed by atoms with Gasteiger partial charge in [-0.2, -0.15) is 0 Å². The van der Waals surface area contributed by atoms with Gasteiger partial charge in [-0.25, -0.2) is 9.97 Å². The maximum absolute atomic E-state index is 11.1. The van der Waals surface area contributed by atoms with Crippen molar-refractivity contribution < 1.29 is 4.79 Å². The molecule has 0 fully saturated rings. The van der Waals surface area contributed by atoms with E-state index in [0.29, 0.717) is 5.95 Å². The van der Waals surface area contributed by atoms with Crippen molar-refractivity contribution in [3.8, 4) is 0 Å². The molecular weight excluding hydrogens is 192 g/mol. The lowest BCUT2D eigenvalue weighted by atomic mass is 10.1. The molecule has 0 aliphatic rings. The molecule has 0 aliphatic carbocycles. The van der Waals surface area contributed by atoms with Gasteiger partial charge in [0.1, 0.15) is 5.54 Å². The van der Waals surface area contributed by atoms with Crippen molar-refractivity contribution >= 4 is 11.9 Å². The number of amides is 1. The number of aryl methyl sites for hydroxylation is 2. The van der Waals surface area contributed by atoms with Crippen molar-refractivity contribution in [1.82, 2.24) is 9.97 Å². The third kappa shape index (κ3) is 2.90. The van der Waals surface area contributed by atoms with Crippen LogP contribution in [0.25, 0.3) is 0 Å². The molecule has 0 bridgehead atoms. The average molecular weight is 208 g/mol. The lowest BCUT2D eigenvalue weighted by Crippen LogP contribution is -2.45. The van der Waals surface area contributed by atoms with Crippen molar-refractivity contribution in [2.75, 3.05) is 5.32 Å². The zero-order valence-corrected chi connectivity index (χ0v) is 9.46. The normalized spacial score (nSPS) is 11.2. The Morgan fingerprint density at radius 2 is 1.80 bits per heavy atom. The van der Waals surface area contributed by atoms with Gasteiger partial charge in [-0.3, -0.25) is 4.79 Å². The summed E-state index contributed by atoms with van der Waals surface area (Å²) in [7, 11) is 0. The van der Waals surface area contributed by atoms with Crippen LogP contribution in [0.4, 0.5) is 5.95 Å². The van der Waals surface area contributed by atoms with Gasteiger partial charge in [0, 0.05) is 11.4 Å². The largest absolute Gasteiger partial charge is 0.368 e. The number of primary amides is 1. The summed E-state index contributed by atoms with van der Waals surface area (Å²) in [6.45, 7) is 7.13. The van der Waals surface area contributed by atoms with Crippen LogP contribution in [-0.2, 0) is 4.79 Å². The number of carbonyl (C=O) groups is 1. The van der Waals surface area contributed by atoms with Gasteiger partial charge in [-0.15, -0.1) is 0 Å². The van der Waals surface area contributed by atoms with E-state index in [4.69, 9.17) is 5.73 Å². The molecule has 0 saturated carbocycles. The quantitative estimate of drug-likeness (QED) is 0.768. The predicted molar refractivity (Wildman–Crippen MR) is 58.4 cm³/mol. The Kier molecular flexibility index (Phi) is 2.93. The third-order valence-electron chi connectivity index (χ3n) is 2.02. The molecule has 0 radical (unpaired) electrons. The molecule has 0 unspecified atom stereocenters. The molecule has 0 saturated heterocycles. The maximum Gasteiger partial charge on any atom is 0.242 e. The van der Waals surface area contributed by atoms with E-state index in [1.54, 1.807) is 13.8 Å². The van der Waals surface area contributed by atoms with Gasteiger partial charge in [0.2, 0.25) is 11.9 Å². The Balaban J connectivity index is 2.94. The third-order valence-corrected chi connectivity index (χ3v) is 2.02. The summed E-state index contributed by atoms with van der Waals surface area (Å²) in [5.74, 6) is -0.0124. The SMILES string of the molecule is Cc1cc(C)nc(NC(C)(C)C(N)=O)n1. The fourth-order valence-electron chi connectivity index (χ4n) is 1.12. The molecule has 15 heavy (non-hydrogen) atoms. The van der Waals surface area contributed by atoms with Gasteiger partial charge < -0.3 is 11.1 Å². The van der Waals surface area contributed by atoms with Crippen LogP contribution < -0.4 is 11.1 Å². The van der Waals surface area contributed by atoms with E-state index in [1.807, 2.05) is 19.9 Å². The fraction of sp³-hybridized carbons (Fsp3) is 0.500. The van der Waals surface area contributed by atoms with Crippen LogP contribution in [0.3, 0.4) is 0 Å². The van der Waals surface area contributed by atoms with Crippen LogP contribution in [0.15, 0.2) is 6.07 Å². The average Bonchev–Trinajstić information content (AvgIpc) is 1.99. The fourth-order valence-corrected chi connectivity index (χ4v) is 1.12. The topological polar surface area (TPSA) is 80.9 Å². The molecule has 1 amide bonds. The highest BCUT2D eigenvalue weighted by Crippen LogP contribution is 2.11. The van der Waals surface area contributed by atoms with Crippen molar-refractivity contribution in [1.29, 1.82) is 0 Å². The first kappa shape index (κ1) is 11.4. The van der Waals surface area contributed by atoms with Crippen LogP contribution >= 0.6 is 0 Å². The Bertz CT molecular complexity index is 367. The van der Waals surface area contributed by atoms with E-state index in [-0.39, 0.29) is 0 Å². The molecule has 0 spiro atoms. The highest BCUT2D eigenvalue weighted by molar-refractivity contribution is 5.86. The highest BCUT2D eigenvalue weighted by atomic mass is 16.1. The van der Waals surface area contributed by atoms with Gasteiger partial charge in [0.15, 0.2) is 0 Å². The molecule has 1 rings (SSSR count). The van der Waals surface area contributed by atoms with Gasteiger partial charge in [0.05, 0.1) is 0 Å².